The lowest BCUT2D eigenvalue weighted by molar-refractivity contribution is 0.618. The van der Waals surface area contributed by atoms with Crippen molar-refractivity contribution in [2.45, 2.75) is 39.8 Å². The maximum absolute atomic E-state index is 11.6. The minimum absolute atomic E-state index is 0.0219. The number of aryl methyl sites for hydroxylation is 1. The zero-order valence-corrected chi connectivity index (χ0v) is 8.42. The summed E-state index contributed by atoms with van der Waals surface area (Å²) in [4.78, 5) is 11.6. The van der Waals surface area contributed by atoms with E-state index >= 15 is 0 Å². The predicted octanol–water partition coefficient (Wildman–Crippen LogP) is 0.778. The number of aromatic amines is 1. The molecule has 0 saturated heterocycles. The van der Waals surface area contributed by atoms with E-state index in [2.05, 4.69) is 5.10 Å². The summed E-state index contributed by atoms with van der Waals surface area (Å²) in [5.41, 5.74) is 7.23. The molecule has 13 heavy (non-hydrogen) atoms. The van der Waals surface area contributed by atoms with Crippen molar-refractivity contribution in [1.29, 1.82) is 0 Å². The summed E-state index contributed by atoms with van der Waals surface area (Å²) >= 11 is 0. The summed E-state index contributed by atoms with van der Waals surface area (Å²) in [6, 6.07) is 0. The van der Waals surface area contributed by atoms with Gasteiger partial charge in [0.15, 0.2) is 0 Å². The van der Waals surface area contributed by atoms with Gasteiger partial charge in [-0.15, -0.1) is 0 Å². The first-order valence-corrected chi connectivity index (χ1v) is 4.63. The van der Waals surface area contributed by atoms with Crippen LogP contribution in [0.5, 0.6) is 0 Å². The van der Waals surface area contributed by atoms with Crippen LogP contribution in [0.1, 0.15) is 37.9 Å². The number of nitrogens with two attached hydrogens (primary N) is 1. The summed E-state index contributed by atoms with van der Waals surface area (Å²) < 4.78 is 1.59. The van der Waals surface area contributed by atoms with Crippen LogP contribution in [0, 0.1) is 0 Å². The molecule has 0 spiro atoms. The summed E-state index contributed by atoms with van der Waals surface area (Å²) in [6.45, 7) is 7.01. The zero-order valence-electron chi connectivity index (χ0n) is 8.42. The van der Waals surface area contributed by atoms with Gasteiger partial charge in [0.2, 0.25) is 0 Å². The maximum Gasteiger partial charge on any atom is 0.271 e. The summed E-state index contributed by atoms with van der Waals surface area (Å²) in [7, 11) is 0. The summed E-state index contributed by atoms with van der Waals surface area (Å²) in [6.07, 6.45) is 0. The second kappa shape index (κ2) is 3.79. The molecule has 0 amide bonds. The van der Waals surface area contributed by atoms with Gasteiger partial charge in [0.25, 0.3) is 5.56 Å². The van der Waals surface area contributed by atoms with Crippen LogP contribution in [0.25, 0.3) is 0 Å². The molecule has 3 N–H and O–H groups in total. The van der Waals surface area contributed by atoms with E-state index < -0.39 is 0 Å². The largest absolute Gasteiger partial charge is 0.326 e. The van der Waals surface area contributed by atoms with E-state index in [1.807, 2.05) is 20.8 Å². The molecule has 0 atom stereocenters. The van der Waals surface area contributed by atoms with Crippen LogP contribution in [0.2, 0.25) is 0 Å². The van der Waals surface area contributed by atoms with Crippen LogP contribution in [0.4, 0.5) is 0 Å². The second-order valence-electron chi connectivity index (χ2n) is 3.41. The van der Waals surface area contributed by atoms with E-state index in [4.69, 9.17) is 5.73 Å². The average molecular weight is 183 g/mol. The highest BCUT2D eigenvalue weighted by molar-refractivity contribution is 5.20. The van der Waals surface area contributed by atoms with Crippen LogP contribution in [0.15, 0.2) is 4.79 Å². The second-order valence-corrected chi connectivity index (χ2v) is 3.41. The van der Waals surface area contributed by atoms with Gasteiger partial charge in [-0.05, 0) is 12.8 Å². The van der Waals surface area contributed by atoms with Crippen LogP contribution < -0.4 is 11.3 Å². The van der Waals surface area contributed by atoms with E-state index in [9.17, 15) is 4.79 Å². The number of hydrogen-bond donors (Lipinski definition) is 2. The third-order valence-electron chi connectivity index (χ3n) is 2.18. The smallest absolute Gasteiger partial charge is 0.271 e. The van der Waals surface area contributed by atoms with Crippen LogP contribution in [-0.4, -0.2) is 9.78 Å². The lowest BCUT2D eigenvalue weighted by Gasteiger charge is -2.02. The number of hydrogen-bond acceptors (Lipinski definition) is 2. The van der Waals surface area contributed by atoms with E-state index in [0.29, 0.717) is 19.0 Å². The van der Waals surface area contributed by atoms with Crippen molar-refractivity contribution in [3.05, 3.63) is 21.6 Å². The van der Waals surface area contributed by atoms with Crippen molar-refractivity contribution in [2.24, 2.45) is 5.73 Å². The molecule has 0 bridgehead atoms. The van der Waals surface area contributed by atoms with Crippen molar-refractivity contribution in [1.82, 2.24) is 9.78 Å². The zero-order chi connectivity index (χ0) is 10.0. The quantitative estimate of drug-likeness (QED) is 0.727. The van der Waals surface area contributed by atoms with Gasteiger partial charge in [-0.3, -0.25) is 14.6 Å². The van der Waals surface area contributed by atoms with Gasteiger partial charge in [0.05, 0.1) is 5.56 Å². The Labute approximate surface area is 77.7 Å². The molecule has 0 aliphatic heterocycles. The Morgan fingerprint density at radius 2 is 2.15 bits per heavy atom. The molecule has 0 saturated carbocycles. The molecule has 4 nitrogen and oxygen atoms in total. The van der Waals surface area contributed by atoms with E-state index in [0.717, 1.165) is 11.3 Å². The first-order valence-electron chi connectivity index (χ1n) is 4.63. The number of rotatable bonds is 3. The fraction of sp³-hybridized carbons (Fsp3) is 0.667. The minimum atomic E-state index is 0.0219. The fourth-order valence-electron chi connectivity index (χ4n) is 1.44. The number of nitrogens with one attached hydrogen (secondary N) is 1. The highest BCUT2D eigenvalue weighted by atomic mass is 16.1. The Morgan fingerprint density at radius 1 is 1.54 bits per heavy atom. The van der Waals surface area contributed by atoms with Gasteiger partial charge >= 0.3 is 0 Å². The Morgan fingerprint density at radius 3 is 2.46 bits per heavy atom. The molecule has 74 valence electrons. The fourth-order valence-corrected chi connectivity index (χ4v) is 1.44. The Balaban J connectivity index is 3.28. The highest BCUT2D eigenvalue weighted by Gasteiger charge is 2.13. The Hall–Kier alpha value is -1.03. The molecule has 4 heteroatoms. The molecular formula is C9H17N3O. The highest BCUT2D eigenvalue weighted by Crippen LogP contribution is 2.13. The van der Waals surface area contributed by atoms with Gasteiger partial charge in [-0.25, -0.2) is 0 Å². The van der Waals surface area contributed by atoms with Gasteiger partial charge in [0, 0.05) is 18.8 Å². The van der Waals surface area contributed by atoms with Crippen LogP contribution in [0.3, 0.4) is 0 Å². The molecule has 0 aliphatic carbocycles. The van der Waals surface area contributed by atoms with Gasteiger partial charge in [0.1, 0.15) is 0 Å². The van der Waals surface area contributed by atoms with Gasteiger partial charge in [-0.1, -0.05) is 13.8 Å². The molecule has 0 aromatic carbocycles. The van der Waals surface area contributed by atoms with Crippen molar-refractivity contribution in [2.75, 3.05) is 0 Å². The molecule has 0 unspecified atom stereocenters. The molecule has 0 radical (unpaired) electrons. The van der Waals surface area contributed by atoms with Crippen molar-refractivity contribution >= 4 is 0 Å². The predicted molar refractivity (Wildman–Crippen MR) is 52.7 cm³/mol. The summed E-state index contributed by atoms with van der Waals surface area (Å²) in [5, 5.41) is 3.07. The average Bonchev–Trinajstić information content (AvgIpc) is 2.42. The molecule has 1 aromatic rings. The van der Waals surface area contributed by atoms with E-state index in [1.54, 1.807) is 4.68 Å². The first-order chi connectivity index (χ1) is 6.11. The normalized spacial score (nSPS) is 11.2. The minimum Gasteiger partial charge on any atom is -0.326 e. The van der Waals surface area contributed by atoms with Crippen molar-refractivity contribution in [3.8, 4) is 0 Å². The number of aromatic nitrogens is 2. The van der Waals surface area contributed by atoms with E-state index in [1.165, 1.54) is 0 Å². The number of nitrogens with zero attached hydrogens (tertiary/aromatic N) is 1. The third kappa shape index (κ3) is 1.67. The lowest BCUT2D eigenvalue weighted by Crippen LogP contribution is -2.19. The van der Waals surface area contributed by atoms with Gasteiger partial charge in [-0.2, -0.15) is 0 Å². The van der Waals surface area contributed by atoms with Crippen LogP contribution >= 0.6 is 0 Å². The molecule has 0 fully saturated rings. The Kier molecular flexibility index (Phi) is 2.93. The topological polar surface area (TPSA) is 63.8 Å². The first kappa shape index (κ1) is 10.1. The Bertz CT molecular complexity index is 335. The molecule has 1 aromatic heterocycles. The van der Waals surface area contributed by atoms with E-state index in [-0.39, 0.29) is 5.56 Å². The molecule has 0 aliphatic rings. The third-order valence-corrected chi connectivity index (χ3v) is 2.18. The SMILES string of the molecule is CCn1[nH]c(C(C)C)c(CN)c1=O. The van der Waals surface area contributed by atoms with Gasteiger partial charge < -0.3 is 5.73 Å². The molecule has 1 heterocycles. The van der Waals surface area contributed by atoms with Crippen LogP contribution in [-0.2, 0) is 13.1 Å². The monoisotopic (exact) mass is 183 g/mol. The maximum atomic E-state index is 11.6. The summed E-state index contributed by atoms with van der Waals surface area (Å²) in [5.74, 6) is 0.319. The number of H-pyrrole nitrogens is 1. The molecule has 1 rings (SSSR count). The van der Waals surface area contributed by atoms with Crippen molar-refractivity contribution in [3.63, 3.8) is 0 Å². The van der Waals surface area contributed by atoms with Crippen molar-refractivity contribution < 1.29 is 0 Å². The molecular weight excluding hydrogens is 166 g/mol. The standard InChI is InChI=1S/C9H17N3O/c1-4-12-9(13)7(5-10)8(11-12)6(2)3/h6,11H,4-5,10H2,1-3H3. The lowest BCUT2D eigenvalue weighted by atomic mass is 10.1.